The molecule has 0 atom stereocenters. The highest BCUT2D eigenvalue weighted by Crippen LogP contribution is 2.34. The maximum absolute atomic E-state index is 13.6. The topological polar surface area (TPSA) is 79.9 Å². The van der Waals surface area contributed by atoms with Crippen molar-refractivity contribution in [3.8, 4) is 28.3 Å². The molecular formula is C30H28N4O2. The summed E-state index contributed by atoms with van der Waals surface area (Å²) in [6, 6.07) is 25.9. The number of ether oxygens (including phenoxy) is 1. The molecule has 0 unspecified atom stereocenters. The number of aryl methyl sites for hydroxylation is 2. The van der Waals surface area contributed by atoms with E-state index in [1.807, 2.05) is 73.7 Å². The predicted molar refractivity (Wildman–Crippen MR) is 143 cm³/mol. The fourth-order valence-corrected chi connectivity index (χ4v) is 4.30. The Morgan fingerprint density at radius 3 is 2.42 bits per heavy atom. The molecule has 0 fully saturated rings. The lowest BCUT2D eigenvalue weighted by molar-refractivity contribution is 0.0952. The quantitative estimate of drug-likeness (QED) is 0.297. The summed E-state index contributed by atoms with van der Waals surface area (Å²) >= 11 is 0. The molecule has 2 N–H and O–H groups in total. The number of benzene rings is 3. The maximum atomic E-state index is 13.6. The highest BCUT2D eigenvalue weighted by molar-refractivity contribution is 6.11. The molecule has 5 aromatic rings. The Bertz CT molecular complexity index is 1520. The number of nitrogens with one attached hydrogen (secondary N) is 2. The molecule has 0 saturated carbocycles. The zero-order valence-corrected chi connectivity index (χ0v) is 20.6. The van der Waals surface area contributed by atoms with E-state index in [4.69, 9.17) is 9.72 Å². The number of carbonyl (C=O) groups is 1. The molecule has 0 spiro atoms. The van der Waals surface area contributed by atoms with Crippen LogP contribution in [0.2, 0.25) is 0 Å². The Kier molecular flexibility index (Phi) is 6.50. The van der Waals surface area contributed by atoms with Crippen LogP contribution in [0.15, 0.2) is 78.9 Å². The summed E-state index contributed by atoms with van der Waals surface area (Å²) in [7, 11) is 1.62. The Labute approximate surface area is 210 Å². The fraction of sp³-hybridized carbons (Fsp3) is 0.167. The first-order valence-electron chi connectivity index (χ1n) is 12.0. The van der Waals surface area contributed by atoms with Gasteiger partial charge in [0, 0.05) is 17.7 Å². The number of H-pyrrole nitrogens is 1. The van der Waals surface area contributed by atoms with Crippen molar-refractivity contribution < 1.29 is 9.53 Å². The normalized spacial score (nSPS) is 11.0. The van der Waals surface area contributed by atoms with Crippen molar-refractivity contribution >= 4 is 16.9 Å². The van der Waals surface area contributed by atoms with Gasteiger partial charge in [-0.25, -0.2) is 4.98 Å². The van der Waals surface area contributed by atoms with E-state index in [-0.39, 0.29) is 5.91 Å². The number of rotatable bonds is 7. The summed E-state index contributed by atoms with van der Waals surface area (Å²) in [6.45, 7) is 4.59. The largest absolute Gasteiger partial charge is 0.496 e. The van der Waals surface area contributed by atoms with Gasteiger partial charge in [-0.15, -0.1) is 0 Å². The van der Waals surface area contributed by atoms with Gasteiger partial charge >= 0.3 is 0 Å². The van der Waals surface area contributed by atoms with Crippen molar-refractivity contribution in [3.63, 3.8) is 0 Å². The van der Waals surface area contributed by atoms with Gasteiger partial charge in [-0.05, 0) is 42.7 Å². The monoisotopic (exact) mass is 476 g/mol. The van der Waals surface area contributed by atoms with Gasteiger partial charge < -0.3 is 10.1 Å². The number of nitrogens with zero attached hydrogens (tertiary/aromatic N) is 2. The Morgan fingerprint density at radius 1 is 0.972 bits per heavy atom. The standard InChI is InChI=1S/C30H28N4O2/c1-4-20-13-15-22(16-14-20)28-27-24(30(35)31-18-21-11-9-19(2)10-12-21)17-25(32-29(27)34-33-28)23-7-5-6-8-26(23)36-3/h5-17H,4,18H2,1-3H3,(H,31,35)(H,32,33,34). The third-order valence-electron chi connectivity index (χ3n) is 6.38. The van der Waals surface area contributed by atoms with Crippen LogP contribution in [0.1, 0.15) is 34.0 Å². The molecule has 0 aliphatic rings. The minimum absolute atomic E-state index is 0.188. The average Bonchev–Trinajstić information content (AvgIpc) is 3.36. The van der Waals surface area contributed by atoms with Crippen LogP contribution in [0, 0.1) is 6.92 Å². The molecule has 0 radical (unpaired) electrons. The number of aromatic amines is 1. The van der Waals surface area contributed by atoms with Crippen LogP contribution < -0.4 is 10.1 Å². The summed E-state index contributed by atoms with van der Waals surface area (Å²) in [6.07, 6.45) is 0.959. The Morgan fingerprint density at radius 2 is 1.69 bits per heavy atom. The highest BCUT2D eigenvalue weighted by atomic mass is 16.5. The maximum Gasteiger partial charge on any atom is 0.252 e. The number of pyridine rings is 1. The molecular weight excluding hydrogens is 448 g/mol. The number of amides is 1. The van der Waals surface area contributed by atoms with E-state index < -0.39 is 0 Å². The van der Waals surface area contributed by atoms with Crippen LogP contribution >= 0.6 is 0 Å². The van der Waals surface area contributed by atoms with Gasteiger partial charge in [-0.1, -0.05) is 73.2 Å². The summed E-state index contributed by atoms with van der Waals surface area (Å²) in [5.74, 6) is 0.494. The van der Waals surface area contributed by atoms with Crippen molar-refractivity contribution in [3.05, 3.63) is 101 Å². The van der Waals surface area contributed by atoms with Gasteiger partial charge in [-0.3, -0.25) is 9.89 Å². The van der Waals surface area contributed by atoms with Gasteiger partial charge in [0.2, 0.25) is 0 Å². The van der Waals surface area contributed by atoms with Crippen LogP contribution in [0.25, 0.3) is 33.5 Å². The molecule has 180 valence electrons. The molecule has 5 rings (SSSR count). The smallest absolute Gasteiger partial charge is 0.252 e. The molecule has 0 aliphatic heterocycles. The van der Waals surface area contributed by atoms with Crippen molar-refractivity contribution in [1.82, 2.24) is 20.5 Å². The van der Waals surface area contributed by atoms with E-state index in [0.29, 0.717) is 34.6 Å². The van der Waals surface area contributed by atoms with Gasteiger partial charge in [0.05, 0.1) is 29.4 Å². The van der Waals surface area contributed by atoms with E-state index in [0.717, 1.165) is 28.8 Å². The number of fused-ring (bicyclic) bond motifs is 1. The number of hydrogen-bond donors (Lipinski definition) is 2. The second-order valence-electron chi connectivity index (χ2n) is 8.77. The van der Waals surface area contributed by atoms with Crippen LogP contribution in [0.4, 0.5) is 0 Å². The first-order chi connectivity index (χ1) is 17.6. The Balaban J connectivity index is 1.61. The number of carbonyl (C=O) groups excluding carboxylic acids is 1. The third-order valence-corrected chi connectivity index (χ3v) is 6.38. The summed E-state index contributed by atoms with van der Waals surface area (Å²) in [5.41, 5.74) is 7.60. The van der Waals surface area contributed by atoms with Crippen molar-refractivity contribution in [2.75, 3.05) is 7.11 Å². The summed E-state index contributed by atoms with van der Waals surface area (Å²) in [4.78, 5) is 18.4. The lowest BCUT2D eigenvalue weighted by atomic mass is 10.0. The molecule has 2 aromatic heterocycles. The minimum atomic E-state index is -0.188. The average molecular weight is 477 g/mol. The second kappa shape index (κ2) is 10.0. The predicted octanol–water partition coefficient (Wildman–Crippen LogP) is 6.10. The first-order valence-corrected chi connectivity index (χ1v) is 12.0. The van der Waals surface area contributed by atoms with Gasteiger partial charge in [0.1, 0.15) is 5.75 Å². The molecule has 1 amide bonds. The van der Waals surface area contributed by atoms with E-state index in [1.165, 1.54) is 11.1 Å². The zero-order chi connectivity index (χ0) is 25.1. The summed E-state index contributed by atoms with van der Waals surface area (Å²) in [5, 5.41) is 11.4. The first kappa shape index (κ1) is 23.3. The number of methoxy groups -OCH3 is 1. The summed E-state index contributed by atoms with van der Waals surface area (Å²) < 4.78 is 5.55. The third kappa shape index (κ3) is 4.58. The zero-order valence-electron chi connectivity index (χ0n) is 20.6. The molecule has 6 heteroatoms. The van der Waals surface area contributed by atoms with Crippen LogP contribution in [0.5, 0.6) is 5.75 Å². The van der Waals surface area contributed by atoms with Gasteiger partial charge in [0.25, 0.3) is 5.91 Å². The van der Waals surface area contributed by atoms with Crippen molar-refractivity contribution in [2.24, 2.45) is 0 Å². The molecule has 0 saturated heterocycles. The van der Waals surface area contributed by atoms with Crippen LogP contribution in [0.3, 0.4) is 0 Å². The van der Waals surface area contributed by atoms with E-state index >= 15 is 0 Å². The highest BCUT2D eigenvalue weighted by Gasteiger charge is 2.21. The lowest BCUT2D eigenvalue weighted by Crippen LogP contribution is -2.23. The SMILES string of the molecule is CCc1ccc(-c2[nH]nc3nc(-c4ccccc4OC)cc(C(=O)NCc4ccc(C)cc4)c23)cc1. The number of para-hydroxylation sites is 1. The second-order valence-corrected chi connectivity index (χ2v) is 8.77. The van der Waals surface area contributed by atoms with Crippen LogP contribution in [-0.4, -0.2) is 28.2 Å². The van der Waals surface area contributed by atoms with Gasteiger partial charge in [-0.2, -0.15) is 5.10 Å². The van der Waals surface area contributed by atoms with E-state index in [9.17, 15) is 4.79 Å². The number of hydrogen-bond acceptors (Lipinski definition) is 4. The molecule has 0 bridgehead atoms. The molecule has 0 aliphatic carbocycles. The minimum Gasteiger partial charge on any atom is -0.496 e. The fourth-order valence-electron chi connectivity index (χ4n) is 4.30. The Hall–Kier alpha value is -4.45. The molecule has 2 heterocycles. The molecule has 36 heavy (non-hydrogen) atoms. The molecule has 6 nitrogen and oxygen atoms in total. The number of aromatic nitrogens is 3. The molecule has 3 aromatic carbocycles. The van der Waals surface area contributed by atoms with Crippen molar-refractivity contribution in [2.45, 2.75) is 26.8 Å². The van der Waals surface area contributed by atoms with Crippen LogP contribution in [-0.2, 0) is 13.0 Å². The lowest BCUT2D eigenvalue weighted by Gasteiger charge is -2.12. The van der Waals surface area contributed by atoms with Crippen molar-refractivity contribution in [1.29, 1.82) is 0 Å². The van der Waals surface area contributed by atoms with E-state index in [2.05, 4.69) is 34.6 Å². The van der Waals surface area contributed by atoms with E-state index in [1.54, 1.807) is 7.11 Å². The van der Waals surface area contributed by atoms with Gasteiger partial charge in [0.15, 0.2) is 5.65 Å².